The third-order valence-electron chi connectivity index (χ3n) is 1.87. The topological polar surface area (TPSA) is 25.8 Å². The SMILES string of the molecule is Cc1cccc(-c2cccc(Cl)n2)n1. The van der Waals surface area contributed by atoms with Crippen molar-refractivity contribution in [2.45, 2.75) is 6.92 Å². The Morgan fingerprint density at radius 3 is 2.21 bits per heavy atom. The minimum absolute atomic E-state index is 0.491. The van der Waals surface area contributed by atoms with E-state index >= 15 is 0 Å². The number of halogens is 1. The monoisotopic (exact) mass is 204 g/mol. The third kappa shape index (κ3) is 1.91. The maximum atomic E-state index is 5.80. The van der Waals surface area contributed by atoms with Crippen LogP contribution in [0, 0.1) is 6.92 Å². The first-order chi connectivity index (χ1) is 6.75. The average molecular weight is 205 g/mol. The van der Waals surface area contributed by atoms with Gasteiger partial charge in [0.2, 0.25) is 0 Å². The molecule has 0 spiro atoms. The lowest BCUT2D eigenvalue weighted by atomic mass is 10.2. The second-order valence-corrected chi connectivity index (χ2v) is 3.40. The van der Waals surface area contributed by atoms with Gasteiger partial charge in [-0.05, 0) is 31.2 Å². The van der Waals surface area contributed by atoms with E-state index in [0.29, 0.717) is 5.15 Å². The number of aryl methyl sites for hydroxylation is 1. The Morgan fingerprint density at radius 1 is 0.929 bits per heavy atom. The zero-order valence-electron chi connectivity index (χ0n) is 7.74. The molecular weight excluding hydrogens is 196 g/mol. The largest absolute Gasteiger partial charge is 0.251 e. The molecule has 2 rings (SSSR count). The van der Waals surface area contributed by atoms with Crippen LogP contribution in [-0.2, 0) is 0 Å². The number of hydrogen-bond acceptors (Lipinski definition) is 2. The van der Waals surface area contributed by atoms with Gasteiger partial charge < -0.3 is 0 Å². The molecule has 0 aromatic carbocycles. The molecule has 0 bridgehead atoms. The highest BCUT2D eigenvalue weighted by Gasteiger charge is 2.00. The van der Waals surface area contributed by atoms with Gasteiger partial charge in [0, 0.05) is 5.69 Å². The summed E-state index contributed by atoms with van der Waals surface area (Å²) in [7, 11) is 0. The molecule has 0 aliphatic carbocycles. The first-order valence-electron chi connectivity index (χ1n) is 4.32. The molecule has 2 aromatic heterocycles. The van der Waals surface area contributed by atoms with E-state index in [4.69, 9.17) is 11.6 Å². The van der Waals surface area contributed by atoms with Crippen LogP contribution in [0.3, 0.4) is 0 Å². The highest BCUT2D eigenvalue weighted by atomic mass is 35.5. The minimum Gasteiger partial charge on any atom is -0.251 e. The van der Waals surface area contributed by atoms with Crippen molar-refractivity contribution in [3.05, 3.63) is 47.2 Å². The van der Waals surface area contributed by atoms with Gasteiger partial charge in [-0.25, -0.2) is 4.98 Å². The number of nitrogens with zero attached hydrogens (tertiary/aromatic N) is 2. The molecule has 70 valence electrons. The van der Waals surface area contributed by atoms with Crippen molar-refractivity contribution >= 4 is 11.6 Å². The van der Waals surface area contributed by atoms with Crippen LogP contribution in [-0.4, -0.2) is 9.97 Å². The smallest absolute Gasteiger partial charge is 0.129 e. The molecule has 0 N–H and O–H groups in total. The number of aromatic nitrogens is 2. The summed E-state index contributed by atoms with van der Waals surface area (Å²) in [6.45, 7) is 1.95. The lowest BCUT2D eigenvalue weighted by Crippen LogP contribution is -1.88. The molecule has 0 radical (unpaired) electrons. The van der Waals surface area contributed by atoms with Gasteiger partial charge in [-0.1, -0.05) is 23.7 Å². The lowest BCUT2D eigenvalue weighted by Gasteiger charge is -2.00. The summed E-state index contributed by atoms with van der Waals surface area (Å²) in [5.41, 5.74) is 2.64. The van der Waals surface area contributed by atoms with Crippen LogP contribution in [0.25, 0.3) is 11.4 Å². The van der Waals surface area contributed by atoms with Gasteiger partial charge in [0.15, 0.2) is 0 Å². The Kier molecular flexibility index (Phi) is 2.46. The predicted octanol–water partition coefficient (Wildman–Crippen LogP) is 3.11. The second kappa shape index (κ2) is 3.76. The van der Waals surface area contributed by atoms with E-state index in [1.807, 2.05) is 37.3 Å². The van der Waals surface area contributed by atoms with Crippen molar-refractivity contribution in [1.82, 2.24) is 9.97 Å². The highest BCUT2D eigenvalue weighted by molar-refractivity contribution is 6.29. The van der Waals surface area contributed by atoms with Gasteiger partial charge in [0.1, 0.15) is 5.15 Å². The van der Waals surface area contributed by atoms with Crippen molar-refractivity contribution in [2.75, 3.05) is 0 Å². The fraction of sp³-hybridized carbons (Fsp3) is 0.0909. The summed E-state index contributed by atoms with van der Waals surface area (Å²) in [6.07, 6.45) is 0. The summed E-state index contributed by atoms with van der Waals surface area (Å²) >= 11 is 5.80. The van der Waals surface area contributed by atoms with Crippen molar-refractivity contribution in [3.63, 3.8) is 0 Å². The van der Waals surface area contributed by atoms with E-state index < -0.39 is 0 Å². The fourth-order valence-corrected chi connectivity index (χ4v) is 1.40. The number of pyridine rings is 2. The third-order valence-corrected chi connectivity index (χ3v) is 2.08. The molecule has 2 aromatic rings. The maximum absolute atomic E-state index is 5.80. The molecule has 0 amide bonds. The molecule has 0 unspecified atom stereocenters. The van der Waals surface area contributed by atoms with E-state index in [1.165, 1.54) is 0 Å². The fourth-order valence-electron chi connectivity index (χ4n) is 1.24. The van der Waals surface area contributed by atoms with E-state index in [-0.39, 0.29) is 0 Å². The van der Waals surface area contributed by atoms with Crippen LogP contribution in [0.2, 0.25) is 5.15 Å². The summed E-state index contributed by atoms with van der Waals surface area (Å²) in [5.74, 6) is 0. The number of rotatable bonds is 1. The first kappa shape index (κ1) is 9.16. The Morgan fingerprint density at radius 2 is 1.57 bits per heavy atom. The van der Waals surface area contributed by atoms with E-state index in [9.17, 15) is 0 Å². The first-order valence-corrected chi connectivity index (χ1v) is 4.70. The molecule has 14 heavy (non-hydrogen) atoms. The van der Waals surface area contributed by atoms with Gasteiger partial charge in [0.05, 0.1) is 11.4 Å². The maximum Gasteiger partial charge on any atom is 0.129 e. The second-order valence-electron chi connectivity index (χ2n) is 3.01. The predicted molar refractivity (Wildman–Crippen MR) is 57.2 cm³/mol. The molecule has 0 atom stereocenters. The van der Waals surface area contributed by atoms with Gasteiger partial charge in [-0.3, -0.25) is 4.98 Å². The summed E-state index contributed by atoms with van der Waals surface area (Å²) in [5, 5.41) is 0.491. The van der Waals surface area contributed by atoms with E-state index in [1.54, 1.807) is 6.07 Å². The normalized spacial score (nSPS) is 10.1. The van der Waals surface area contributed by atoms with Crippen molar-refractivity contribution in [3.8, 4) is 11.4 Å². The molecular formula is C11H9ClN2. The lowest BCUT2D eigenvalue weighted by molar-refractivity contribution is 1.18. The molecule has 0 saturated heterocycles. The van der Waals surface area contributed by atoms with Crippen molar-refractivity contribution < 1.29 is 0 Å². The van der Waals surface area contributed by atoms with Gasteiger partial charge >= 0.3 is 0 Å². The zero-order chi connectivity index (χ0) is 9.97. The molecule has 0 aliphatic heterocycles. The van der Waals surface area contributed by atoms with E-state index in [2.05, 4.69) is 9.97 Å². The Labute approximate surface area is 87.6 Å². The highest BCUT2D eigenvalue weighted by Crippen LogP contribution is 2.16. The minimum atomic E-state index is 0.491. The van der Waals surface area contributed by atoms with Crippen LogP contribution < -0.4 is 0 Å². The summed E-state index contributed by atoms with van der Waals surface area (Å²) in [4.78, 5) is 8.55. The molecule has 2 heterocycles. The van der Waals surface area contributed by atoms with Gasteiger partial charge in [-0.2, -0.15) is 0 Å². The van der Waals surface area contributed by atoms with Gasteiger partial charge in [-0.15, -0.1) is 0 Å². The Balaban J connectivity index is 2.49. The molecule has 2 nitrogen and oxygen atoms in total. The van der Waals surface area contributed by atoms with Crippen LogP contribution in [0.4, 0.5) is 0 Å². The molecule has 0 aliphatic rings. The Bertz CT molecular complexity index is 411. The van der Waals surface area contributed by atoms with Crippen molar-refractivity contribution in [2.24, 2.45) is 0 Å². The van der Waals surface area contributed by atoms with E-state index in [0.717, 1.165) is 17.1 Å². The summed E-state index contributed by atoms with van der Waals surface area (Å²) in [6, 6.07) is 11.4. The quantitative estimate of drug-likeness (QED) is 0.667. The zero-order valence-corrected chi connectivity index (χ0v) is 8.49. The van der Waals surface area contributed by atoms with Crippen LogP contribution in [0.1, 0.15) is 5.69 Å². The van der Waals surface area contributed by atoms with Crippen LogP contribution in [0.15, 0.2) is 36.4 Å². The number of hydrogen-bond donors (Lipinski definition) is 0. The molecule has 3 heteroatoms. The molecule has 0 saturated carbocycles. The average Bonchev–Trinajstić information content (AvgIpc) is 2.18. The molecule has 0 fully saturated rings. The Hall–Kier alpha value is -1.41. The van der Waals surface area contributed by atoms with Crippen molar-refractivity contribution in [1.29, 1.82) is 0 Å². The standard InChI is InChI=1S/C11H9ClN2/c1-8-4-2-5-9(13-8)10-6-3-7-11(12)14-10/h2-7H,1H3. The summed E-state index contributed by atoms with van der Waals surface area (Å²) < 4.78 is 0. The van der Waals surface area contributed by atoms with Crippen LogP contribution >= 0.6 is 11.6 Å². The van der Waals surface area contributed by atoms with Gasteiger partial charge in [0.25, 0.3) is 0 Å². The van der Waals surface area contributed by atoms with Crippen LogP contribution in [0.5, 0.6) is 0 Å².